The Morgan fingerprint density at radius 3 is 2.70 bits per heavy atom. The van der Waals surface area contributed by atoms with Crippen LogP contribution in [-0.2, 0) is 11.3 Å². The van der Waals surface area contributed by atoms with Gasteiger partial charge in [0.05, 0.1) is 5.75 Å². The number of thioether (sulfide) groups is 1. The molecule has 1 aliphatic heterocycles. The maximum absolute atomic E-state index is 13.0. The van der Waals surface area contributed by atoms with Crippen LogP contribution < -0.4 is 0 Å². The molecule has 0 unspecified atom stereocenters. The summed E-state index contributed by atoms with van der Waals surface area (Å²) in [6, 6.07) is 10.6. The molecule has 0 radical (unpaired) electrons. The zero-order valence-electron chi connectivity index (χ0n) is 16.0. The number of nitrogens with zero attached hydrogens (tertiary/aromatic N) is 4. The van der Waals surface area contributed by atoms with Crippen molar-refractivity contribution in [2.45, 2.75) is 63.2 Å². The van der Waals surface area contributed by atoms with Crippen molar-refractivity contribution in [3.63, 3.8) is 0 Å². The standard InChI is InChI=1S/C21H28N4OS/c1-2-24-20(17-10-4-3-5-11-17)22-23-21(24)27-15-19(26)25-14-8-12-16-9-6-7-13-18(16)25/h3-5,10-11,16,18H,2,6-9,12-15H2,1H3/t16-,18-/m1/s1. The summed E-state index contributed by atoms with van der Waals surface area (Å²) in [5.74, 6) is 2.32. The molecular formula is C21H28N4OS. The molecule has 144 valence electrons. The van der Waals surface area contributed by atoms with Crippen LogP contribution in [0.2, 0.25) is 0 Å². The van der Waals surface area contributed by atoms with Gasteiger partial charge in [-0.2, -0.15) is 0 Å². The third-order valence-electron chi connectivity index (χ3n) is 5.95. The topological polar surface area (TPSA) is 51.0 Å². The molecule has 1 amide bonds. The highest BCUT2D eigenvalue weighted by atomic mass is 32.2. The predicted octanol–water partition coefficient (Wildman–Crippen LogP) is 4.24. The van der Waals surface area contributed by atoms with Crippen molar-refractivity contribution in [2.24, 2.45) is 5.92 Å². The van der Waals surface area contributed by atoms with E-state index in [2.05, 4.69) is 26.6 Å². The summed E-state index contributed by atoms with van der Waals surface area (Å²) in [6.07, 6.45) is 7.53. The minimum Gasteiger partial charge on any atom is -0.339 e. The van der Waals surface area contributed by atoms with Gasteiger partial charge in [0.15, 0.2) is 11.0 Å². The minimum atomic E-state index is 0.267. The Kier molecular flexibility index (Phi) is 5.81. The number of hydrogen-bond acceptors (Lipinski definition) is 4. The highest BCUT2D eigenvalue weighted by Crippen LogP contribution is 2.35. The predicted molar refractivity (Wildman–Crippen MR) is 109 cm³/mol. The van der Waals surface area contributed by atoms with Crippen LogP contribution in [0, 0.1) is 5.92 Å². The molecule has 2 aliphatic rings. The smallest absolute Gasteiger partial charge is 0.233 e. The molecule has 0 spiro atoms. The molecule has 4 rings (SSSR count). The summed E-state index contributed by atoms with van der Waals surface area (Å²) >= 11 is 1.53. The van der Waals surface area contributed by atoms with Crippen LogP contribution >= 0.6 is 11.8 Å². The van der Waals surface area contributed by atoms with Gasteiger partial charge in [-0.25, -0.2) is 0 Å². The lowest BCUT2D eigenvalue weighted by Gasteiger charge is -2.44. The number of carbonyl (C=O) groups is 1. The van der Waals surface area contributed by atoms with Crippen LogP contribution in [-0.4, -0.2) is 43.9 Å². The van der Waals surface area contributed by atoms with E-state index in [0.29, 0.717) is 11.8 Å². The number of fused-ring (bicyclic) bond motifs is 1. The van der Waals surface area contributed by atoms with Crippen molar-refractivity contribution < 1.29 is 4.79 Å². The minimum absolute atomic E-state index is 0.267. The van der Waals surface area contributed by atoms with Gasteiger partial charge in [0.25, 0.3) is 0 Å². The Hall–Kier alpha value is -1.82. The van der Waals surface area contributed by atoms with Crippen molar-refractivity contribution in [1.29, 1.82) is 0 Å². The molecule has 1 saturated heterocycles. The second-order valence-corrected chi connectivity index (χ2v) is 8.49. The van der Waals surface area contributed by atoms with Gasteiger partial charge < -0.3 is 9.47 Å². The van der Waals surface area contributed by atoms with Gasteiger partial charge in [-0.3, -0.25) is 4.79 Å². The number of hydrogen-bond donors (Lipinski definition) is 0. The largest absolute Gasteiger partial charge is 0.339 e. The van der Waals surface area contributed by atoms with E-state index >= 15 is 0 Å². The molecule has 1 saturated carbocycles. The van der Waals surface area contributed by atoms with Gasteiger partial charge in [-0.1, -0.05) is 54.9 Å². The lowest BCUT2D eigenvalue weighted by molar-refractivity contribution is -0.134. The fraction of sp³-hybridized carbons (Fsp3) is 0.571. The number of amides is 1. The van der Waals surface area contributed by atoms with Gasteiger partial charge in [0.1, 0.15) is 0 Å². The number of likely N-dealkylation sites (tertiary alicyclic amines) is 1. The maximum Gasteiger partial charge on any atom is 0.233 e. The molecule has 6 heteroatoms. The van der Waals surface area contributed by atoms with E-state index in [1.807, 2.05) is 30.3 Å². The Labute approximate surface area is 165 Å². The van der Waals surface area contributed by atoms with Gasteiger partial charge in [0, 0.05) is 24.7 Å². The summed E-state index contributed by atoms with van der Waals surface area (Å²) in [5.41, 5.74) is 1.06. The van der Waals surface area contributed by atoms with Crippen LogP contribution in [0.3, 0.4) is 0 Å². The van der Waals surface area contributed by atoms with Gasteiger partial charge in [-0.15, -0.1) is 10.2 Å². The molecule has 2 fully saturated rings. The van der Waals surface area contributed by atoms with E-state index in [0.717, 1.165) is 42.0 Å². The van der Waals surface area contributed by atoms with Crippen LogP contribution in [0.5, 0.6) is 0 Å². The molecule has 1 aromatic carbocycles. The number of rotatable bonds is 5. The third-order valence-corrected chi connectivity index (χ3v) is 6.90. The molecule has 2 heterocycles. The molecule has 1 aliphatic carbocycles. The first-order chi connectivity index (χ1) is 13.3. The van der Waals surface area contributed by atoms with E-state index in [9.17, 15) is 4.79 Å². The normalized spacial score (nSPS) is 22.5. The van der Waals surface area contributed by atoms with Gasteiger partial charge in [-0.05, 0) is 38.5 Å². The monoisotopic (exact) mass is 384 g/mol. The maximum atomic E-state index is 13.0. The fourth-order valence-corrected chi connectivity index (χ4v) is 5.51. The van der Waals surface area contributed by atoms with Crippen molar-refractivity contribution in [2.75, 3.05) is 12.3 Å². The molecule has 2 aromatic rings. The van der Waals surface area contributed by atoms with E-state index in [4.69, 9.17) is 0 Å². The van der Waals surface area contributed by atoms with Crippen molar-refractivity contribution >= 4 is 17.7 Å². The summed E-state index contributed by atoms with van der Waals surface area (Å²) in [7, 11) is 0. The number of benzene rings is 1. The first-order valence-electron chi connectivity index (χ1n) is 10.2. The summed E-state index contributed by atoms with van der Waals surface area (Å²) in [5, 5.41) is 9.58. The molecule has 1 aromatic heterocycles. The lowest BCUT2D eigenvalue weighted by atomic mass is 9.78. The highest BCUT2D eigenvalue weighted by molar-refractivity contribution is 7.99. The Balaban J connectivity index is 1.44. The summed E-state index contributed by atoms with van der Waals surface area (Å²) < 4.78 is 2.10. The van der Waals surface area contributed by atoms with E-state index in [1.54, 1.807) is 0 Å². The molecular weight excluding hydrogens is 356 g/mol. The first kappa shape index (κ1) is 18.5. The van der Waals surface area contributed by atoms with Crippen LogP contribution in [0.25, 0.3) is 11.4 Å². The number of piperidine rings is 1. The van der Waals surface area contributed by atoms with Crippen molar-refractivity contribution in [3.05, 3.63) is 30.3 Å². The fourth-order valence-electron chi connectivity index (χ4n) is 4.62. The Morgan fingerprint density at radius 2 is 1.89 bits per heavy atom. The summed E-state index contributed by atoms with van der Waals surface area (Å²) in [4.78, 5) is 15.1. The Morgan fingerprint density at radius 1 is 1.11 bits per heavy atom. The molecule has 27 heavy (non-hydrogen) atoms. The first-order valence-corrected chi connectivity index (χ1v) is 11.2. The average molecular weight is 385 g/mol. The van der Waals surface area contributed by atoms with Crippen LogP contribution in [0.1, 0.15) is 45.4 Å². The van der Waals surface area contributed by atoms with Gasteiger partial charge >= 0.3 is 0 Å². The molecule has 0 bridgehead atoms. The second-order valence-electron chi connectivity index (χ2n) is 7.55. The van der Waals surface area contributed by atoms with Crippen molar-refractivity contribution in [3.8, 4) is 11.4 Å². The van der Waals surface area contributed by atoms with E-state index in [-0.39, 0.29) is 5.91 Å². The van der Waals surface area contributed by atoms with Crippen molar-refractivity contribution in [1.82, 2.24) is 19.7 Å². The summed E-state index contributed by atoms with van der Waals surface area (Å²) in [6.45, 7) is 3.82. The third kappa shape index (κ3) is 3.91. The number of aromatic nitrogens is 3. The zero-order chi connectivity index (χ0) is 18.6. The Bertz CT molecular complexity index is 774. The second kappa shape index (κ2) is 8.46. The van der Waals surface area contributed by atoms with E-state index < -0.39 is 0 Å². The highest BCUT2D eigenvalue weighted by Gasteiger charge is 2.35. The molecule has 0 N–H and O–H groups in total. The quantitative estimate of drug-likeness (QED) is 0.724. The lowest BCUT2D eigenvalue weighted by Crippen LogP contribution is -2.50. The van der Waals surface area contributed by atoms with Crippen LogP contribution in [0.4, 0.5) is 0 Å². The van der Waals surface area contributed by atoms with E-state index in [1.165, 1.54) is 43.9 Å². The molecule has 5 nitrogen and oxygen atoms in total. The van der Waals surface area contributed by atoms with Gasteiger partial charge in [0.2, 0.25) is 5.91 Å². The number of carbonyl (C=O) groups excluding carboxylic acids is 1. The average Bonchev–Trinajstić information content (AvgIpc) is 3.15. The SMILES string of the molecule is CCn1c(SCC(=O)N2CCC[C@H]3CCCC[C@H]32)nnc1-c1ccccc1. The van der Waals surface area contributed by atoms with Crippen LogP contribution in [0.15, 0.2) is 35.5 Å². The zero-order valence-corrected chi connectivity index (χ0v) is 16.8. The molecule has 2 atom stereocenters.